The molecule has 6 nitrogen and oxygen atoms in total. The standard InChI is InChI=1S/C72H126O6/c1-4-7-10-13-16-19-22-25-28-30-32-34-35-36-37-38-40-41-44-47-50-53-56-59-62-65-71(74)77-68-69(67-76-70(73)64-61-58-55-52-49-46-43-27-24-21-18-15-12-9-6-3)78-72(75)66-63-60-57-54-51-48-45-42-39-33-31-29-26-23-20-17-14-11-8-5-2/h9,12,18,21-22,25,27,30,32,35-36,43,49,52,69H,4-8,10-11,13-17,19-20,23-24,26,28-29,31,33-34,37-42,44-48,50-51,53-68H2,1-3H3/b12-9-,21-18-,25-22-,32-30-,36-35-,43-27-,52-49-. The summed E-state index contributed by atoms with van der Waals surface area (Å²) < 4.78 is 16.9. The monoisotopic (exact) mass is 1090 g/mol. The van der Waals surface area contributed by atoms with Gasteiger partial charge in [0.1, 0.15) is 13.2 Å². The molecule has 6 heteroatoms. The largest absolute Gasteiger partial charge is 0.462 e. The van der Waals surface area contributed by atoms with E-state index in [1.807, 2.05) is 0 Å². The van der Waals surface area contributed by atoms with E-state index in [0.717, 1.165) is 96.3 Å². The third kappa shape index (κ3) is 63.4. The number of unbranched alkanes of at least 4 members (excludes halogenated alkanes) is 36. The minimum atomic E-state index is -0.795. The number of carbonyl (C=O) groups excluding carboxylic acids is 3. The van der Waals surface area contributed by atoms with Crippen LogP contribution in [-0.2, 0) is 28.6 Å². The predicted octanol–water partition coefficient (Wildman–Crippen LogP) is 23.1. The van der Waals surface area contributed by atoms with Gasteiger partial charge in [0.25, 0.3) is 0 Å². The van der Waals surface area contributed by atoms with Crippen molar-refractivity contribution < 1.29 is 28.6 Å². The second kappa shape index (κ2) is 66.1. The van der Waals surface area contributed by atoms with Gasteiger partial charge in [0.05, 0.1) is 0 Å². The Morgan fingerprint density at radius 2 is 0.500 bits per heavy atom. The fourth-order valence-electron chi connectivity index (χ4n) is 9.62. The Morgan fingerprint density at radius 3 is 0.808 bits per heavy atom. The molecule has 0 bridgehead atoms. The number of esters is 3. The average molecular weight is 1090 g/mol. The van der Waals surface area contributed by atoms with Crippen molar-refractivity contribution in [1.29, 1.82) is 0 Å². The van der Waals surface area contributed by atoms with Crippen LogP contribution in [0.4, 0.5) is 0 Å². The van der Waals surface area contributed by atoms with E-state index in [-0.39, 0.29) is 31.1 Å². The van der Waals surface area contributed by atoms with Gasteiger partial charge >= 0.3 is 17.9 Å². The SMILES string of the molecule is CC/C=C\C/C=C\C/C=C\C/C=C\CCCCC(=O)OCC(COC(=O)CCCCCCCCCCCC/C=C\C/C=C\C/C=C\CCCCCCC)OC(=O)CCCCCCCCCCCCCCCCCCCCCC. The van der Waals surface area contributed by atoms with Crippen LogP contribution in [0.5, 0.6) is 0 Å². The maximum Gasteiger partial charge on any atom is 0.306 e. The summed E-state index contributed by atoms with van der Waals surface area (Å²) in [4.78, 5) is 38.4. The third-order valence-corrected chi connectivity index (χ3v) is 14.6. The van der Waals surface area contributed by atoms with Crippen LogP contribution in [0.1, 0.15) is 335 Å². The number of rotatable bonds is 61. The molecule has 0 aliphatic rings. The molecule has 1 atom stereocenters. The van der Waals surface area contributed by atoms with E-state index in [9.17, 15) is 14.4 Å². The van der Waals surface area contributed by atoms with E-state index in [2.05, 4.69) is 106 Å². The van der Waals surface area contributed by atoms with E-state index in [0.29, 0.717) is 19.3 Å². The topological polar surface area (TPSA) is 78.9 Å². The van der Waals surface area contributed by atoms with Crippen LogP contribution in [0.25, 0.3) is 0 Å². The average Bonchev–Trinajstić information content (AvgIpc) is 3.44. The van der Waals surface area contributed by atoms with Crippen molar-refractivity contribution in [3.63, 3.8) is 0 Å². The molecule has 1 unspecified atom stereocenters. The minimum absolute atomic E-state index is 0.0893. The fraction of sp³-hybridized carbons (Fsp3) is 0.764. The Labute approximate surface area is 484 Å². The van der Waals surface area contributed by atoms with E-state index >= 15 is 0 Å². The maximum absolute atomic E-state index is 12.9. The van der Waals surface area contributed by atoms with E-state index in [1.165, 1.54) is 199 Å². The summed E-state index contributed by atoms with van der Waals surface area (Å²) in [5.74, 6) is -0.919. The van der Waals surface area contributed by atoms with Gasteiger partial charge in [-0.2, -0.15) is 0 Å². The first-order valence-corrected chi connectivity index (χ1v) is 33.6. The van der Waals surface area contributed by atoms with Gasteiger partial charge in [-0.1, -0.05) is 305 Å². The summed E-state index contributed by atoms with van der Waals surface area (Å²) in [6.45, 7) is 6.52. The summed E-state index contributed by atoms with van der Waals surface area (Å²) in [5.41, 5.74) is 0. The van der Waals surface area contributed by atoms with E-state index in [4.69, 9.17) is 14.2 Å². The Bertz CT molecular complexity index is 1480. The second-order valence-electron chi connectivity index (χ2n) is 22.4. The molecule has 0 fully saturated rings. The highest BCUT2D eigenvalue weighted by atomic mass is 16.6. The molecule has 78 heavy (non-hydrogen) atoms. The molecule has 0 aliphatic heterocycles. The van der Waals surface area contributed by atoms with Crippen molar-refractivity contribution in [2.75, 3.05) is 13.2 Å². The molecule has 0 radical (unpaired) electrons. The molecule has 0 spiro atoms. The first kappa shape index (κ1) is 74.6. The van der Waals surface area contributed by atoms with Gasteiger partial charge < -0.3 is 14.2 Å². The van der Waals surface area contributed by atoms with Gasteiger partial charge in [-0.25, -0.2) is 0 Å². The van der Waals surface area contributed by atoms with Gasteiger partial charge in [-0.3, -0.25) is 14.4 Å². The number of hydrogen-bond donors (Lipinski definition) is 0. The highest BCUT2D eigenvalue weighted by Gasteiger charge is 2.19. The quantitative estimate of drug-likeness (QED) is 0.0261. The van der Waals surface area contributed by atoms with Crippen LogP contribution in [0, 0.1) is 0 Å². The Morgan fingerprint density at radius 1 is 0.269 bits per heavy atom. The number of allylic oxidation sites excluding steroid dienone is 14. The summed E-state index contributed by atoms with van der Waals surface area (Å²) in [7, 11) is 0. The maximum atomic E-state index is 12.9. The molecule has 0 N–H and O–H groups in total. The highest BCUT2D eigenvalue weighted by Crippen LogP contribution is 2.17. The second-order valence-corrected chi connectivity index (χ2v) is 22.4. The van der Waals surface area contributed by atoms with Crippen molar-refractivity contribution in [1.82, 2.24) is 0 Å². The van der Waals surface area contributed by atoms with Crippen molar-refractivity contribution in [2.24, 2.45) is 0 Å². The third-order valence-electron chi connectivity index (χ3n) is 14.6. The minimum Gasteiger partial charge on any atom is -0.462 e. The molecule has 0 aromatic carbocycles. The molecular formula is C72H126O6. The van der Waals surface area contributed by atoms with Crippen molar-refractivity contribution >= 4 is 17.9 Å². The molecule has 0 aromatic rings. The molecule has 0 rings (SSSR count). The molecule has 450 valence electrons. The molecule has 0 heterocycles. The van der Waals surface area contributed by atoms with Gasteiger partial charge in [0, 0.05) is 19.3 Å². The first-order valence-electron chi connectivity index (χ1n) is 33.6. The normalized spacial score (nSPS) is 12.6. The smallest absolute Gasteiger partial charge is 0.306 e. The van der Waals surface area contributed by atoms with Crippen LogP contribution in [-0.4, -0.2) is 37.2 Å². The summed E-state index contributed by atoms with van der Waals surface area (Å²) in [6.07, 6.45) is 87.4. The zero-order chi connectivity index (χ0) is 56.4. The van der Waals surface area contributed by atoms with Crippen molar-refractivity contribution in [3.05, 3.63) is 85.1 Å². The lowest BCUT2D eigenvalue weighted by Crippen LogP contribution is -2.30. The Balaban J connectivity index is 4.35. The molecule has 0 aromatic heterocycles. The lowest BCUT2D eigenvalue weighted by Gasteiger charge is -2.18. The lowest BCUT2D eigenvalue weighted by atomic mass is 10.0. The van der Waals surface area contributed by atoms with Crippen LogP contribution < -0.4 is 0 Å². The molecule has 0 saturated carbocycles. The van der Waals surface area contributed by atoms with Crippen molar-refractivity contribution in [3.8, 4) is 0 Å². The number of ether oxygens (including phenoxy) is 3. The molecule has 0 saturated heterocycles. The van der Waals surface area contributed by atoms with Gasteiger partial charge in [-0.05, 0) is 96.3 Å². The lowest BCUT2D eigenvalue weighted by molar-refractivity contribution is -0.167. The highest BCUT2D eigenvalue weighted by molar-refractivity contribution is 5.71. The predicted molar refractivity (Wildman–Crippen MR) is 339 cm³/mol. The summed E-state index contributed by atoms with van der Waals surface area (Å²) >= 11 is 0. The molecule has 0 amide bonds. The van der Waals surface area contributed by atoms with Crippen molar-refractivity contribution in [2.45, 2.75) is 341 Å². The molecule has 0 aliphatic carbocycles. The first-order chi connectivity index (χ1) is 38.5. The van der Waals surface area contributed by atoms with E-state index < -0.39 is 6.10 Å². The van der Waals surface area contributed by atoms with Gasteiger partial charge in [-0.15, -0.1) is 0 Å². The van der Waals surface area contributed by atoms with Crippen LogP contribution in [0.2, 0.25) is 0 Å². The number of carbonyl (C=O) groups is 3. The summed E-state index contributed by atoms with van der Waals surface area (Å²) in [6, 6.07) is 0. The van der Waals surface area contributed by atoms with Crippen LogP contribution in [0.3, 0.4) is 0 Å². The fourth-order valence-corrected chi connectivity index (χ4v) is 9.62. The van der Waals surface area contributed by atoms with Crippen LogP contribution >= 0.6 is 0 Å². The molecular weight excluding hydrogens is 961 g/mol. The Hall–Kier alpha value is -3.41. The number of hydrogen-bond acceptors (Lipinski definition) is 6. The van der Waals surface area contributed by atoms with Gasteiger partial charge in [0.15, 0.2) is 6.10 Å². The zero-order valence-corrected chi connectivity index (χ0v) is 51.7. The zero-order valence-electron chi connectivity index (χ0n) is 51.7. The van der Waals surface area contributed by atoms with E-state index in [1.54, 1.807) is 0 Å². The summed E-state index contributed by atoms with van der Waals surface area (Å²) in [5, 5.41) is 0. The van der Waals surface area contributed by atoms with Crippen LogP contribution in [0.15, 0.2) is 85.1 Å². The van der Waals surface area contributed by atoms with Gasteiger partial charge in [0.2, 0.25) is 0 Å². The Kier molecular flexibility index (Phi) is 63.2.